The standard InChI is InChI=1S/C20H28ClNO3/c1-13-11-16(21)6-5-14(13)12-17(23)22-20(18(24)25)9-7-15(8-10-20)19(2,3)4/h5-6,11,15H,7-10,12H2,1-4H3,(H,22,23)(H,24,25). The van der Waals surface area contributed by atoms with Gasteiger partial charge in [0, 0.05) is 5.02 Å². The Kier molecular flexibility index (Phi) is 5.82. The Hall–Kier alpha value is -1.55. The van der Waals surface area contributed by atoms with Crippen molar-refractivity contribution in [2.45, 2.75) is 65.3 Å². The van der Waals surface area contributed by atoms with Gasteiger partial charge in [-0.1, -0.05) is 38.4 Å². The molecule has 0 aromatic heterocycles. The Morgan fingerprint density at radius 3 is 2.36 bits per heavy atom. The molecule has 4 nitrogen and oxygen atoms in total. The highest BCUT2D eigenvalue weighted by molar-refractivity contribution is 6.30. The van der Waals surface area contributed by atoms with Gasteiger partial charge in [-0.05, 0) is 67.2 Å². The van der Waals surface area contributed by atoms with Gasteiger partial charge in [0.2, 0.25) is 5.91 Å². The lowest BCUT2D eigenvalue weighted by Gasteiger charge is -2.42. The van der Waals surface area contributed by atoms with Crippen LogP contribution in [0.5, 0.6) is 0 Å². The van der Waals surface area contributed by atoms with Crippen molar-refractivity contribution < 1.29 is 14.7 Å². The highest BCUT2D eigenvalue weighted by atomic mass is 35.5. The molecule has 0 saturated heterocycles. The molecule has 1 saturated carbocycles. The van der Waals surface area contributed by atoms with E-state index in [0.29, 0.717) is 23.8 Å². The van der Waals surface area contributed by atoms with Crippen molar-refractivity contribution in [1.82, 2.24) is 5.32 Å². The van der Waals surface area contributed by atoms with E-state index >= 15 is 0 Å². The summed E-state index contributed by atoms with van der Waals surface area (Å²) in [5, 5.41) is 13.2. The third kappa shape index (κ3) is 4.75. The van der Waals surface area contributed by atoms with Crippen LogP contribution < -0.4 is 5.32 Å². The lowest BCUT2D eigenvalue weighted by Crippen LogP contribution is -2.57. The highest BCUT2D eigenvalue weighted by Gasteiger charge is 2.45. The molecule has 138 valence electrons. The van der Waals surface area contributed by atoms with Crippen LogP contribution in [0.15, 0.2) is 18.2 Å². The highest BCUT2D eigenvalue weighted by Crippen LogP contribution is 2.41. The molecule has 1 aliphatic carbocycles. The van der Waals surface area contributed by atoms with Crippen molar-refractivity contribution in [1.29, 1.82) is 0 Å². The molecule has 1 aromatic carbocycles. The fourth-order valence-electron chi connectivity index (χ4n) is 3.71. The van der Waals surface area contributed by atoms with Crippen LogP contribution in [0.4, 0.5) is 0 Å². The Morgan fingerprint density at radius 1 is 1.28 bits per heavy atom. The van der Waals surface area contributed by atoms with E-state index in [1.165, 1.54) is 0 Å². The van der Waals surface area contributed by atoms with E-state index in [4.69, 9.17) is 11.6 Å². The number of benzene rings is 1. The number of hydrogen-bond acceptors (Lipinski definition) is 2. The molecule has 5 heteroatoms. The van der Waals surface area contributed by atoms with Gasteiger partial charge in [-0.25, -0.2) is 4.79 Å². The number of aliphatic carboxylic acids is 1. The lowest BCUT2D eigenvalue weighted by atomic mass is 9.67. The Morgan fingerprint density at radius 2 is 1.88 bits per heavy atom. The van der Waals surface area contributed by atoms with Gasteiger partial charge >= 0.3 is 5.97 Å². The van der Waals surface area contributed by atoms with Crippen molar-refractivity contribution >= 4 is 23.5 Å². The molecule has 25 heavy (non-hydrogen) atoms. The van der Waals surface area contributed by atoms with E-state index < -0.39 is 11.5 Å². The van der Waals surface area contributed by atoms with Crippen molar-refractivity contribution in [2.24, 2.45) is 11.3 Å². The summed E-state index contributed by atoms with van der Waals surface area (Å²) < 4.78 is 0. The number of halogens is 1. The lowest BCUT2D eigenvalue weighted by molar-refractivity contribution is -0.150. The van der Waals surface area contributed by atoms with Crippen LogP contribution in [0.1, 0.15) is 57.6 Å². The van der Waals surface area contributed by atoms with Gasteiger partial charge in [-0.15, -0.1) is 0 Å². The van der Waals surface area contributed by atoms with Gasteiger partial charge in [-0.3, -0.25) is 4.79 Å². The molecule has 0 atom stereocenters. The largest absolute Gasteiger partial charge is 0.480 e. The fourth-order valence-corrected chi connectivity index (χ4v) is 3.94. The maximum absolute atomic E-state index is 12.5. The summed E-state index contributed by atoms with van der Waals surface area (Å²) in [7, 11) is 0. The van der Waals surface area contributed by atoms with Gasteiger partial charge in [0.25, 0.3) is 0 Å². The molecule has 1 amide bonds. The van der Waals surface area contributed by atoms with Gasteiger partial charge < -0.3 is 10.4 Å². The van der Waals surface area contributed by atoms with Crippen LogP contribution >= 0.6 is 11.6 Å². The maximum atomic E-state index is 12.5. The second kappa shape index (κ2) is 7.36. The third-order valence-corrected chi connectivity index (χ3v) is 5.74. The normalized spacial score (nSPS) is 24.0. The number of rotatable bonds is 4. The van der Waals surface area contributed by atoms with Crippen molar-refractivity contribution in [2.75, 3.05) is 0 Å². The number of carboxylic acid groups (broad SMARTS) is 1. The minimum absolute atomic E-state index is 0.162. The molecule has 1 fully saturated rings. The number of aryl methyl sites for hydroxylation is 1. The van der Waals surface area contributed by atoms with Crippen LogP contribution in [0.25, 0.3) is 0 Å². The number of carboxylic acids is 1. The number of hydrogen-bond donors (Lipinski definition) is 2. The number of carbonyl (C=O) groups excluding carboxylic acids is 1. The van der Waals surface area contributed by atoms with E-state index in [1.807, 2.05) is 19.1 Å². The molecule has 2 N–H and O–H groups in total. The molecule has 1 aliphatic rings. The summed E-state index contributed by atoms with van der Waals surface area (Å²) in [6.45, 7) is 8.46. The second-order valence-corrected chi connectivity index (χ2v) is 8.76. The minimum Gasteiger partial charge on any atom is -0.480 e. The number of amides is 1. The van der Waals surface area contributed by atoms with Gasteiger partial charge in [-0.2, -0.15) is 0 Å². The summed E-state index contributed by atoms with van der Waals surface area (Å²) in [6, 6.07) is 5.38. The van der Waals surface area contributed by atoms with Gasteiger partial charge in [0.1, 0.15) is 5.54 Å². The fraction of sp³-hybridized carbons (Fsp3) is 0.600. The molecule has 1 aromatic rings. The predicted octanol–water partition coefficient (Wildman–Crippen LogP) is 4.37. The van der Waals surface area contributed by atoms with E-state index in [2.05, 4.69) is 26.1 Å². The van der Waals surface area contributed by atoms with E-state index in [-0.39, 0.29) is 17.7 Å². The Bertz CT molecular complexity index is 655. The van der Waals surface area contributed by atoms with Crippen LogP contribution in [0, 0.1) is 18.3 Å². The summed E-state index contributed by atoms with van der Waals surface area (Å²) in [4.78, 5) is 24.4. The van der Waals surface area contributed by atoms with E-state index in [1.54, 1.807) is 6.07 Å². The molecular weight excluding hydrogens is 338 g/mol. The van der Waals surface area contributed by atoms with Gasteiger partial charge in [0.15, 0.2) is 0 Å². The number of nitrogens with one attached hydrogen (secondary N) is 1. The average molecular weight is 366 g/mol. The molecule has 0 spiro atoms. The molecule has 0 heterocycles. The first-order valence-corrected chi connectivity index (χ1v) is 9.21. The monoisotopic (exact) mass is 365 g/mol. The van der Waals surface area contributed by atoms with E-state index in [0.717, 1.165) is 24.0 Å². The summed E-state index contributed by atoms with van der Waals surface area (Å²) >= 11 is 5.94. The maximum Gasteiger partial charge on any atom is 0.329 e. The van der Waals surface area contributed by atoms with Gasteiger partial charge in [0.05, 0.1) is 6.42 Å². The van der Waals surface area contributed by atoms with Crippen molar-refractivity contribution in [3.8, 4) is 0 Å². The molecule has 0 aliphatic heterocycles. The summed E-state index contributed by atoms with van der Waals surface area (Å²) in [5.41, 5.74) is 0.822. The van der Waals surface area contributed by atoms with Crippen LogP contribution in [0.2, 0.25) is 5.02 Å². The van der Waals surface area contributed by atoms with Crippen molar-refractivity contribution in [3.05, 3.63) is 34.3 Å². The van der Waals surface area contributed by atoms with Crippen LogP contribution in [-0.4, -0.2) is 22.5 Å². The SMILES string of the molecule is Cc1cc(Cl)ccc1CC(=O)NC1(C(=O)O)CCC(C(C)(C)C)CC1. The zero-order chi connectivity index (χ0) is 18.8. The summed E-state index contributed by atoms with van der Waals surface area (Å²) in [6.07, 6.45) is 2.76. The quantitative estimate of drug-likeness (QED) is 0.832. The molecular formula is C20H28ClNO3. The Labute approximate surface area is 155 Å². The first-order chi connectivity index (χ1) is 11.5. The van der Waals surface area contributed by atoms with Crippen LogP contribution in [-0.2, 0) is 16.0 Å². The van der Waals surface area contributed by atoms with Crippen molar-refractivity contribution in [3.63, 3.8) is 0 Å². The number of carbonyl (C=O) groups is 2. The molecule has 0 radical (unpaired) electrons. The first kappa shape index (κ1) is 19.8. The molecule has 2 rings (SSSR count). The molecule has 0 unspecified atom stereocenters. The first-order valence-electron chi connectivity index (χ1n) is 8.83. The Balaban J connectivity index is 2.07. The average Bonchev–Trinajstić information content (AvgIpc) is 2.49. The third-order valence-electron chi connectivity index (χ3n) is 5.51. The topological polar surface area (TPSA) is 66.4 Å². The predicted molar refractivity (Wildman–Crippen MR) is 99.8 cm³/mol. The second-order valence-electron chi connectivity index (χ2n) is 8.32. The zero-order valence-electron chi connectivity index (χ0n) is 15.5. The van der Waals surface area contributed by atoms with E-state index in [9.17, 15) is 14.7 Å². The zero-order valence-corrected chi connectivity index (χ0v) is 16.2. The minimum atomic E-state index is -1.14. The summed E-state index contributed by atoms with van der Waals surface area (Å²) in [5.74, 6) is -0.696. The molecule has 0 bridgehead atoms. The smallest absolute Gasteiger partial charge is 0.329 e. The van der Waals surface area contributed by atoms with Crippen LogP contribution in [0.3, 0.4) is 0 Å².